The Morgan fingerprint density at radius 3 is 2.85 bits per heavy atom. The topological polar surface area (TPSA) is 115 Å². The second kappa shape index (κ2) is 7.36. The van der Waals surface area contributed by atoms with Crippen molar-refractivity contribution in [2.24, 2.45) is 0 Å². The standard InChI is InChI=1S/C17H17N3O6/c1-25-10-15(21)19-8-2-3-11-4-5-12(9-13(11)19)18-17(22)14-6-7-16(26-14)20(23)24/h4-7,9H,2-3,8,10H2,1H3,(H,18,22). The zero-order valence-corrected chi connectivity index (χ0v) is 14.1. The van der Waals surface area contributed by atoms with E-state index in [1.165, 1.54) is 13.2 Å². The van der Waals surface area contributed by atoms with Crippen LogP contribution in [0.25, 0.3) is 0 Å². The number of aryl methyl sites for hydroxylation is 1. The lowest BCUT2D eigenvalue weighted by molar-refractivity contribution is -0.402. The molecule has 1 aromatic carbocycles. The van der Waals surface area contributed by atoms with Crippen molar-refractivity contribution in [2.75, 3.05) is 30.5 Å². The number of nitrogens with zero attached hydrogens (tertiary/aromatic N) is 2. The van der Waals surface area contributed by atoms with Crippen LogP contribution in [0.1, 0.15) is 22.5 Å². The number of benzene rings is 1. The molecule has 9 heteroatoms. The van der Waals surface area contributed by atoms with Gasteiger partial charge >= 0.3 is 5.88 Å². The highest BCUT2D eigenvalue weighted by Gasteiger charge is 2.23. The number of carbonyl (C=O) groups is 2. The number of fused-ring (bicyclic) bond motifs is 1. The summed E-state index contributed by atoms with van der Waals surface area (Å²) >= 11 is 0. The maximum Gasteiger partial charge on any atom is 0.433 e. The smallest absolute Gasteiger partial charge is 0.395 e. The van der Waals surface area contributed by atoms with Crippen molar-refractivity contribution in [1.82, 2.24) is 0 Å². The Morgan fingerprint density at radius 2 is 2.15 bits per heavy atom. The van der Waals surface area contributed by atoms with Crippen LogP contribution in [0.3, 0.4) is 0 Å². The van der Waals surface area contributed by atoms with E-state index in [9.17, 15) is 19.7 Å². The number of methoxy groups -OCH3 is 1. The first-order valence-electron chi connectivity index (χ1n) is 7.97. The summed E-state index contributed by atoms with van der Waals surface area (Å²) in [4.78, 5) is 36.0. The van der Waals surface area contributed by atoms with Crippen molar-refractivity contribution in [3.63, 3.8) is 0 Å². The first-order valence-corrected chi connectivity index (χ1v) is 7.97. The predicted octanol–water partition coefficient (Wildman–Crippen LogP) is 2.37. The normalized spacial score (nSPS) is 13.2. The monoisotopic (exact) mass is 359 g/mol. The van der Waals surface area contributed by atoms with Gasteiger partial charge in [0.1, 0.15) is 11.5 Å². The van der Waals surface area contributed by atoms with Crippen LogP contribution in [0.15, 0.2) is 34.7 Å². The first kappa shape index (κ1) is 17.6. The minimum atomic E-state index is -0.713. The molecule has 0 saturated carbocycles. The molecular formula is C17H17N3O6. The molecule has 1 aromatic heterocycles. The third-order valence-corrected chi connectivity index (χ3v) is 4.03. The van der Waals surface area contributed by atoms with Crippen LogP contribution in [0.2, 0.25) is 0 Å². The van der Waals surface area contributed by atoms with Gasteiger partial charge < -0.3 is 19.4 Å². The van der Waals surface area contributed by atoms with E-state index >= 15 is 0 Å². The van der Waals surface area contributed by atoms with Crippen LogP contribution < -0.4 is 10.2 Å². The van der Waals surface area contributed by atoms with Crippen molar-refractivity contribution in [1.29, 1.82) is 0 Å². The number of nitro groups is 1. The molecule has 136 valence electrons. The number of rotatable bonds is 5. The van der Waals surface area contributed by atoms with Crippen molar-refractivity contribution in [3.05, 3.63) is 51.8 Å². The fourth-order valence-corrected chi connectivity index (χ4v) is 2.85. The first-order chi connectivity index (χ1) is 12.5. The van der Waals surface area contributed by atoms with E-state index < -0.39 is 16.7 Å². The summed E-state index contributed by atoms with van der Waals surface area (Å²) in [7, 11) is 1.46. The average molecular weight is 359 g/mol. The number of ether oxygens (including phenoxy) is 1. The molecule has 1 N–H and O–H groups in total. The highest BCUT2D eigenvalue weighted by molar-refractivity contribution is 6.03. The molecule has 1 aliphatic heterocycles. The number of hydrogen-bond donors (Lipinski definition) is 1. The molecule has 26 heavy (non-hydrogen) atoms. The minimum absolute atomic E-state index is 0.0217. The summed E-state index contributed by atoms with van der Waals surface area (Å²) in [5, 5.41) is 13.3. The lowest BCUT2D eigenvalue weighted by atomic mass is 10.0. The molecule has 9 nitrogen and oxygen atoms in total. The van der Waals surface area contributed by atoms with Gasteiger partial charge in [-0.2, -0.15) is 0 Å². The van der Waals surface area contributed by atoms with E-state index in [-0.39, 0.29) is 18.3 Å². The van der Waals surface area contributed by atoms with Gasteiger partial charge in [-0.15, -0.1) is 0 Å². The van der Waals surface area contributed by atoms with Crippen LogP contribution in [-0.4, -0.2) is 37.0 Å². The third-order valence-electron chi connectivity index (χ3n) is 4.03. The summed E-state index contributed by atoms with van der Waals surface area (Å²) in [6.07, 6.45) is 1.69. The Bertz CT molecular complexity index is 860. The molecule has 0 radical (unpaired) electrons. The molecule has 0 fully saturated rings. The second-order valence-corrected chi connectivity index (χ2v) is 5.77. The number of nitrogens with one attached hydrogen (secondary N) is 1. The second-order valence-electron chi connectivity index (χ2n) is 5.77. The molecule has 0 aliphatic carbocycles. The Hall–Kier alpha value is -3.20. The van der Waals surface area contributed by atoms with E-state index in [1.54, 1.807) is 17.0 Å². The van der Waals surface area contributed by atoms with Gasteiger partial charge in [0.15, 0.2) is 5.76 Å². The van der Waals surface area contributed by atoms with Crippen molar-refractivity contribution < 1.29 is 23.7 Å². The van der Waals surface area contributed by atoms with Gasteiger partial charge in [-0.3, -0.25) is 19.7 Å². The molecule has 0 bridgehead atoms. The lowest BCUT2D eigenvalue weighted by Crippen LogP contribution is -2.37. The summed E-state index contributed by atoms with van der Waals surface area (Å²) in [6.45, 7) is 0.559. The SMILES string of the molecule is COCC(=O)N1CCCc2ccc(NC(=O)c3ccc([N+](=O)[O-])o3)cc21. The molecule has 0 saturated heterocycles. The van der Waals surface area contributed by atoms with Crippen LogP contribution in [-0.2, 0) is 16.0 Å². The van der Waals surface area contributed by atoms with Crippen LogP contribution >= 0.6 is 0 Å². The largest absolute Gasteiger partial charge is 0.433 e. The third kappa shape index (κ3) is 3.57. The van der Waals surface area contributed by atoms with Gasteiger partial charge in [-0.25, -0.2) is 0 Å². The Labute approximate surface area is 148 Å². The molecule has 0 atom stereocenters. The zero-order chi connectivity index (χ0) is 18.7. The highest BCUT2D eigenvalue weighted by atomic mass is 16.6. The fourth-order valence-electron chi connectivity index (χ4n) is 2.85. The van der Waals surface area contributed by atoms with Crippen LogP contribution in [0.4, 0.5) is 17.3 Å². The average Bonchev–Trinajstić information content (AvgIpc) is 3.12. The maximum absolute atomic E-state index is 12.2. The van der Waals surface area contributed by atoms with Crippen molar-refractivity contribution in [3.8, 4) is 0 Å². The summed E-state index contributed by atoms with van der Waals surface area (Å²) in [5.74, 6) is -1.43. The molecule has 2 amide bonds. The quantitative estimate of drug-likeness (QED) is 0.647. The summed E-state index contributed by atoms with van der Waals surface area (Å²) in [5.41, 5.74) is 2.19. The van der Waals surface area contributed by atoms with Gasteiger partial charge in [-0.1, -0.05) is 6.07 Å². The number of furan rings is 1. The number of carbonyl (C=O) groups excluding carboxylic acids is 2. The molecule has 0 spiro atoms. The van der Waals surface area contributed by atoms with Gasteiger partial charge in [0.05, 0.1) is 6.07 Å². The van der Waals surface area contributed by atoms with E-state index in [0.29, 0.717) is 12.2 Å². The van der Waals surface area contributed by atoms with Gasteiger partial charge in [0.25, 0.3) is 11.8 Å². The minimum Gasteiger partial charge on any atom is -0.395 e. The van der Waals surface area contributed by atoms with Gasteiger partial charge in [-0.05, 0) is 36.6 Å². The maximum atomic E-state index is 12.2. The van der Waals surface area contributed by atoms with E-state index in [4.69, 9.17) is 9.15 Å². The van der Waals surface area contributed by atoms with Gasteiger partial charge in [0.2, 0.25) is 0 Å². The molecule has 3 rings (SSSR count). The Kier molecular flexibility index (Phi) is 4.99. The predicted molar refractivity (Wildman–Crippen MR) is 92.3 cm³/mol. The summed E-state index contributed by atoms with van der Waals surface area (Å²) < 4.78 is 9.81. The van der Waals surface area contributed by atoms with E-state index in [2.05, 4.69) is 5.32 Å². The Morgan fingerprint density at radius 1 is 1.35 bits per heavy atom. The number of anilines is 2. The number of hydrogen-bond acceptors (Lipinski definition) is 6. The van der Waals surface area contributed by atoms with Crippen LogP contribution in [0.5, 0.6) is 0 Å². The Balaban J connectivity index is 1.81. The molecule has 0 unspecified atom stereocenters. The van der Waals surface area contributed by atoms with E-state index in [1.807, 2.05) is 6.07 Å². The lowest BCUT2D eigenvalue weighted by Gasteiger charge is -2.29. The molecule has 2 aromatic rings. The fraction of sp³-hybridized carbons (Fsp3) is 0.294. The molecular weight excluding hydrogens is 342 g/mol. The van der Waals surface area contributed by atoms with Crippen molar-refractivity contribution >= 4 is 29.1 Å². The van der Waals surface area contributed by atoms with Crippen molar-refractivity contribution in [2.45, 2.75) is 12.8 Å². The molecule has 1 aliphatic rings. The van der Waals surface area contributed by atoms with Gasteiger partial charge in [0, 0.05) is 25.0 Å². The van der Waals surface area contributed by atoms with Crippen LogP contribution in [0, 0.1) is 10.1 Å². The highest BCUT2D eigenvalue weighted by Crippen LogP contribution is 2.30. The van der Waals surface area contributed by atoms with E-state index in [0.717, 1.165) is 30.2 Å². The molecule has 2 heterocycles. The summed E-state index contributed by atoms with van der Waals surface area (Å²) in [6, 6.07) is 7.63. The zero-order valence-electron chi connectivity index (χ0n) is 14.1. The number of amides is 2.